The zero-order valence-corrected chi connectivity index (χ0v) is 19.3. The van der Waals surface area contributed by atoms with E-state index >= 15 is 0 Å². The van der Waals surface area contributed by atoms with Gasteiger partial charge < -0.3 is 9.88 Å². The molecule has 1 aromatic carbocycles. The fourth-order valence-electron chi connectivity index (χ4n) is 5.42. The molecule has 1 aliphatic heterocycles. The number of hydrogen-bond donors (Lipinski definition) is 1. The Hall–Kier alpha value is -2.58. The van der Waals surface area contributed by atoms with Crippen LogP contribution in [0.25, 0.3) is 10.9 Å². The number of benzene rings is 1. The molecule has 1 aliphatic carbocycles. The lowest BCUT2D eigenvalue weighted by Gasteiger charge is -2.38. The van der Waals surface area contributed by atoms with Crippen molar-refractivity contribution >= 4 is 10.9 Å². The number of piperazine rings is 1. The van der Waals surface area contributed by atoms with Gasteiger partial charge in [-0.2, -0.15) is 0 Å². The summed E-state index contributed by atoms with van der Waals surface area (Å²) in [7, 11) is 0. The van der Waals surface area contributed by atoms with Gasteiger partial charge in [0.25, 0.3) is 5.56 Å². The van der Waals surface area contributed by atoms with Crippen LogP contribution in [-0.4, -0.2) is 67.7 Å². The van der Waals surface area contributed by atoms with Crippen molar-refractivity contribution in [2.24, 2.45) is 0 Å². The average molecular weight is 436 g/mol. The number of hydrogen-bond acceptors (Lipinski definition) is 6. The minimum atomic E-state index is -0.252. The first-order chi connectivity index (χ1) is 15.6. The van der Waals surface area contributed by atoms with Gasteiger partial charge in [-0.1, -0.05) is 31.9 Å². The predicted molar refractivity (Wildman–Crippen MR) is 125 cm³/mol. The fraction of sp³-hybridized carbons (Fsp3) is 0.583. The molecule has 1 atom stereocenters. The second-order valence-corrected chi connectivity index (χ2v) is 9.33. The minimum absolute atomic E-state index is 0.0462. The number of aromatic amines is 1. The van der Waals surface area contributed by atoms with Gasteiger partial charge >= 0.3 is 0 Å². The zero-order valence-electron chi connectivity index (χ0n) is 19.3. The number of aryl methyl sites for hydroxylation is 2. The molecule has 0 radical (unpaired) electrons. The molecule has 3 heterocycles. The highest BCUT2D eigenvalue weighted by atomic mass is 16.1. The molecule has 5 rings (SSSR count). The minimum Gasteiger partial charge on any atom is -0.321 e. The van der Waals surface area contributed by atoms with Gasteiger partial charge in [0.05, 0.1) is 11.6 Å². The Labute approximate surface area is 188 Å². The summed E-state index contributed by atoms with van der Waals surface area (Å²) in [5.41, 5.74) is 3.86. The third-order valence-corrected chi connectivity index (χ3v) is 7.42. The summed E-state index contributed by atoms with van der Waals surface area (Å²) in [6.07, 6.45) is 4.61. The van der Waals surface area contributed by atoms with Gasteiger partial charge in [-0.3, -0.25) is 9.69 Å². The summed E-state index contributed by atoms with van der Waals surface area (Å²) >= 11 is 0. The van der Waals surface area contributed by atoms with Gasteiger partial charge in [-0.15, -0.1) is 5.10 Å². The number of H-pyrrole nitrogens is 1. The average Bonchev–Trinajstić information content (AvgIpc) is 3.50. The predicted octanol–water partition coefficient (Wildman–Crippen LogP) is 2.97. The molecule has 1 saturated heterocycles. The molecule has 32 heavy (non-hydrogen) atoms. The summed E-state index contributed by atoms with van der Waals surface area (Å²) in [6.45, 7) is 11.1. The van der Waals surface area contributed by atoms with Crippen LogP contribution >= 0.6 is 0 Å². The van der Waals surface area contributed by atoms with Gasteiger partial charge in [0.2, 0.25) is 0 Å². The van der Waals surface area contributed by atoms with Crippen LogP contribution in [0.3, 0.4) is 0 Å². The number of tetrazole rings is 1. The second-order valence-electron chi connectivity index (χ2n) is 9.33. The first kappa shape index (κ1) is 21.3. The highest BCUT2D eigenvalue weighted by Crippen LogP contribution is 2.34. The molecule has 1 N–H and O–H groups in total. The van der Waals surface area contributed by atoms with E-state index in [4.69, 9.17) is 0 Å². The van der Waals surface area contributed by atoms with Crippen molar-refractivity contribution in [3.63, 3.8) is 0 Å². The summed E-state index contributed by atoms with van der Waals surface area (Å²) < 4.78 is 2.01. The summed E-state index contributed by atoms with van der Waals surface area (Å²) in [4.78, 5) is 21.5. The topological polar surface area (TPSA) is 82.9 Å². The van der Waals surface area contributed by atoms with Crippen molar-refractivity contribution in [1.82, 2.24) is 35.0 Å². The van der Waals surface area contributed by atoms with Crippen LogP contribution in [0.4, 0.5) is 0 Å². The largest absolute Gasteiger partial charge is 0.321 e. The van der Waals surface area contributed by atoms with Crippen LogP contribution in [0.2, 0.25) is 0 Å². The summed E-state index contributed by atoms with van der Waals surface area (Å²) in [5, 5.41) is 14.1. The van der Waals surface area contributed by atoms with Crippen LogP contribution in [-0.2, 0) is 0 Å². The molecule has 8 heteroatoms. The maximum atomic E-state index is 13.5. The number of pyridine rings is 1. The third kappa shape index (κ3) is 3.75. The van der Waals surface area contributed by atoms with E-state index in [-0.39, 0.29) is 11.6 Å². The van der Waals surface area contributed by atoms with Crippen LogP contribution < -0.4 is 5.56 Å². The maximum absolute atomic E-state index is 13.5. The molecule has 170 valence electrons. The van der Waals surface area contributed by atoms with Crippen molar-refractivity contribution in [1.29, 1.82) is 0 Å². The Morgan fingerprint density at radius 2 is 1.81 bits per heavy atom. The van der Waals surface area contributed by atoms with E-state index in [1.54, 1.807) is 0 Å². The SMILES string of the molecule is CCN1CCN([C@@H](c2cc3c(C)ccc(C)c3[nH]c2=O)c2nnnn2C2CCCC2)CC1. The maximum Gasteiger partial charge on any atom is 0.253 e. The molecule has 2 aromatic heterocycles. The van der Waals surface area contributed by atoms with E-state index in [0.717, 1.165) is 79.0 Å². The van der Waals surface area contributed by atoms with Crippen molar-refractivity contribution < 1.29 is 0 Å². The van der Waals surface area contributed by atoms with Crippen LogP contribution in [0, 0.1) is 13.8 Å². The van der Waals surface area contributed by atoms with Gasteiger partial charge in [0.1, 0.15) is 6.04 Å². The van der Waals surface area contributed by atoms with Crippen LogP contribution in [0.5, 0.6) is 0 Å². The number of likely N-dealkylation sites (N-methyl/N-ethyl adjacent to an activating group) is 1. The van der Waals surface area contributed by atoms with Crippen LogP contribution in [0.15, 0.2) is 23.0 Å². The molecule has 8 nitrogen and oxygen atoms in total. The molecule has 0 spiro atoms. The summed E-state index contributed by atoms with van der Waals surface area (Å²) in [5.74, 6) is 0.803. The zero-order chi connectivity index (χ0) is 22.2. The Kier molecular flexibility index (Phi) is 5.82. The molecular weight excluding hydrogens is 402 g/mol. The standard InChI is InChI=1S/C24H33N7O/c1-4-29-11-13-30(14-12-29)22(23-26-27-28-31(23)18-7-5-6-8-18)20-15-19-16(2)9-10-17(3)21(19)25-24(20)32/h9-10,15,18,22H,4-8,11-14H2,1-3H3,(H,25,32)/t22-/m0/s1. The molecule has 1 saturated carbocycles. The van der Waals surface area contributed by atoms with E-state index in [2.05, 4.69) is 62.4 Å². The van der Waals surface area contributed by atoms with Crippen LogP contribution in [0.1, 0.15) is 67.2 Å². The van der Waals surface area contributed by atoms with Gasteiger partial charge in [-0.05, 0) is 60.9 Å². The molecule has 2 aliphatic rings. The monoisotopic (exact) mass is 435 g/mol. The Balaban J connectivity index is 1.64. The van der Waals surface area contributed by atoms with Gasteiger partial charge in [-0.25, -0.2) is 4.68 Å². The lowest BCUT2D eigenvalue weighted by molar-refractivity contribution is 0.107. The lowest BCUT2D eigenvalue weighted by atomic mass is 9.99. The first-order valence-electron chi connectivity index (χ1n) is 11.9. The molecule has 3 aromatic rings. The number of fused-ring (bicyclic) bond motifs is 1. The van der Waals surface area contributed by atoms with Crippen molar-refractivity contribution in [2.45, 2.75) is 58.5 Å². The lowest BCUT2D eigenvalue weighted by Crippen LogP contribution is -2.49. The Bertz CT molecular complexity index is 1150. The Morgan fingerprint density at radius 1 is 1.09 bits per heavy atom. The number of aromatic nitrogens is 5. The number of nitrogens with zero attached hydrogens (tertiary/aromatic N) is 6. The second kappa shape index (κ2) is 8.75. The highest BCUT2D eigenvalue weighted by molar-refractivity contribution is 5.85. The van der Waals surface area contributed by atoms with Crippen molar-refractivity contribution in [2.75, 3.05) is 32.7 Å². The third-order valence-electron chi connectivity index (χ3n) is 7.42. The number of nitrogens with one attached hydrogen (secondary N) is 1. The van der Waals surface area contributed by atoms with Gasteiger partial charge in [0.15, 0.2) is 5.82 Å². The smallest absolute Gasteiger partial charge is 0.253 e. The quantitative estimate of drug-likeness (QED) is 0.663. The molecule has 0 bridgehead atoms. The van der Waals surface area contributed by atoms with E-state index in [1.165, 1.54) is 12.8 Å². The van der Waals surface area contributed by atoms with E-state index in [0.29, 0.717) is 6.04 Å². The van der Waals surface area contributed by atoms with E-state index in [1.807, 2.05) is 11.6 Å². The molecular formula is C24H33N7O. The Morgan fingerprint density at radius 3 is 2.53 bits per heavy atom. The molecule has 0 unspecified atom stereocenters. The highest BCUT2D eigenvalue weighted by Gasteiger charge is 2.34. The molecule has 2 fully saturated rings. The fourth-order valence-corrected chi connectivity index (χ4v) is 5.42. The first-order valence-corrected chi connectivity index (χ1v) is 11.9. The molecule has 0 amide bonds. The van der Waals surface area contributed by atoms with Gasteiger partial charge in [0, 0.05) is 37.1 Å². The van der Waals surface area contributed by atoms with Crippen molar-refractivity contribution in [3.8, 4) is 0 Å². The van der Waals surface area contributed by atoms with Crippen molar-refractivity contribution in [3.05, 3.63) is 51.1 Å². The van der Waals surface area contributed by atoms with E-state index < -0.39 is 0 Å². The number of rotatable bonds is 5. The normalized spacial score (nSPS) is 19.7. The summed E-state index contributed by atoms with van der Waals surface area (Å²) in [6, 6.07) is 6.34. The van der Waals surface area contributed by atoms with E-state index in [9.17, 15) is 4.79 Å².